The zero-order valence-corrected chi connectivity index (χ0v) is 14.7. The van der Waals surface area contributed by atoms with E-state index in [9.17, 15) is 23.7 Å². The number of carbonyl (C=O) groups is 1. The van der Waals surface area contributed by atoms with E-state index in [0.717, 1.165) is 12.4 Å². The summed E-state index contributed by atoms with van der Waals surface area (Å²) >= 11 is 0. The van der Waals surface area contributed by atoms with Crippen molar-refractivity contribution in [1.29, 1.82) is 0 Å². The van der Waals surface area contributed by atoms with Crippen LogP contribution >= 0.6 is 0 Å². The Morgan fingerprint density at radius 3 is 2.41 bits per heavy atom. The molecular weight excluding hydrogens is 386 g/mol. The van der Waals surface area contributed by atoms with Crippen molar-refractivity contribution in [3.63, 3.8) is 0 Å². The summed E-state index contributed by atoms with van der Waals surface area (Å²) < 4.78 is 26.6. The molecule has 0 saturated heterocycles. The van der Waals surface area contributed by atoms with Crippen molar-refractivity contribution in [2.75, 3.05) is 10.7 Å². The van der Waals surface area contributed by atoms with Gasteiger partial charge < -0.3 is 5.32 Å². The van der Waals surface area contributed by atoms with Gasteiger partial charge in [0.25, 0.3) is 5.91 Å². The van der Waals surface area contributed by atoms with E-state index in [4.69, 9.17) is 0 Å². The molecule has 148 valence electrons. The van der Waals surface area contributed by atoms with Crippen LogP contribution in [-0.2, 0) is 6.54 Å². The van der Waals surface area contributed by atoms with Crippen molar-refractivity contribution in [2.24, 2.45) is 0 Å². The minimum absolute atomic E-state index is 0.114. The summed E-state index contributed by atoms with van der Waals surface area (Å²) in [6, 6.07) is 10.8. The number of halogens is 2. The molecule has 2 aromatic carbocycles. The lowest BCUT2D eigenvalue weighted by molar-refractivity contribution is -0.383. The first-order valence-electron chi connectivity index (χ1n) is 8.24. The van der Waals surface area contributed by atoms with Crippen LogP contribution in [0.3, 0.4) is 0 Å². The molecule has 0 radical (unpaired) electrons. The number of carbonyl (C=O) groups excluding carboxylic acids is 1. The lowest BCUT2D eigenvalue weighted by Crippen LogP contribution is -2.31. The molecule has 0 unspecified atom stereocenters. The summed E-state index contributed by atoms with van der Waals surface area (Å²) in [7, 11) is 0. The first-order chi connectivity index (χ1) is 14.0. The fraction of sp³-hybridized carbons (Fsp3) is 0.0556. The van der Waals surface area contributed by atoms with E-state index in [1.54, 1.807) is 0 Å². The quantitative estimate of drug-likeness (QED) is 0.412. The fourth-order valence-corrected chi connectivity index (χ4v) is 2.39. The molecule has 0 saturated carbocycles. The van der Waals surface area contributed by atoms with E-state index in [-0.39, 0.29) is 23.7 Å². The molecule has 1 heterocycles. The number of anilines is 2. The maximum atomic E-state index is 13.7. The molecule has 0 atom stereocenters. The van der Waals surface area contributed by atoms with E-state index < -0.39 is 28.2 Å². The molecule has 0 aliphatic carbocycles. The Kier molecular flexibility index (Phi) is 5.88. The average Bonchev–Trinajstić information content (AvgIpc) is 2.71. The molecule has 0 fully saturated rings. The zero-order chi connectivity index (χ0) is 20.8. The Morgan fingerprint density at radius 1 is 1.03 bits per heavy atom. The van der Waals surface area contributed by atoms with Gasteiger partial charge in [-0.25, -0.2) is 18.7 Å². The van der Waals surface area contributed by atoms with Crippen molar-refractivity contribution in [2.45, 2.75) is 6.54 Å². The molecule has 3 rings (SSSR count). The van der Waals surface area contributed by atoms with Gasteiger partial charge in [0.1, 0.15) is 18.0 Å². The fourth-order valence-electron chi connectivity index (χ4n) is 2.39. The molecule has 1 aromatic heterocycles. The van der Waals surface area contributed by atoms with Crippen LogP contribution in [0.15, 0.2) is 54.9 Å². The molecule has 3 aromatic rings. The second-order valence-corrected chi connectivity index (χ2v) is 5.72. The summed E-state index contributed by atoms with van der Waals surface area (Å²) in [6.07, 6.45) is 1.05. The molecule has 0 bridgehead atoms. The van der Waals surface area contributed by atoms with Gasteiger partial charge >= 0.3 is 5.69 Å². The summed E-state index contributed by atoms with van der Waals surface area (Å²) in [5, 5.41) is 14.3. The van der Waals surface area contributed by atoms with E-state index in [1.165, 1.54) is 42.5 Å². The second-order valence-electron chi connectivity index (χ2n) is 5.72. The van der Waals surface area contributed by atoms with Gasteiger partial charge in [0.05, 0.1) is 10.5 Å². The maximum absolute atomic E-state index is 13.7. The van der Waals surface area contributed by atoms with Crippen molar-refractivity contribution in [3.05, 3.63) is 87.7 Å². The molecule has 29 heavy (non-hydrogen) atoms. The minimum atomic E-state index is -0.836. The second kappa shape index (κ2) is 8.69. The number of nitrogens with zero attached hydrogens (tertiary/aromatic N) is 3. The molecule has 0 spiro atoms. The van der Waals surface area contributed by atoms with Crippen LogP contribution in [0.2, 0.25) is 0 Å². The highest BCUT2D eigenvalue weighted by Crippen LogP contribution is 2.28. The standard InChI is InChI=1S/C18H14F2N6O3/c19-12-7-5-11(6-8-12)9-21-16-15(26(28)29)17(23-10-22-16)24-25-18(27)13-3-1-2-4-14(13)20/h1-8,10H,9H2,(H,25,27)(H2,21,22,23,24). The Bertz CT molecular complexity index is 1050. The zero-order valence-electron chi connectivity index (χ0n) is 14.7. The summed E-state index contributed by atoms with van der Waals surface area (Å²) in [5.41, 5.74) is 4.38. The number of amides is 1. The third kappa shape index (κ3) is 4.77. The minimum Gasteiger partial charge on any atom is -0.360 e. The Labute approximate surface area is 162 Å². The largest absolute Gasteiger partial charge is 0.360 e. The van der Waals surface area contributed by atoms with Gasteiger partial charge in [-0.3, -0.25) is 25.8 Å². The van der Waals surface area contributed by atoms with E-state index in [1.807, 2.05) is 0 Å². The van der Waals surface area contributed by atoms with Crippen LogP contribution in [0, 0.1) is 21.7 Å². The molecule has 0 aliphatic rings. The number of aromatic nitrogens is 2. The predicted molar refractivity (Wildman–Crippen MR) is 99.9 cm³/mol. The van der Waals surface area contributed by atoms with Crippen molar-refractivity contribution < 1.29 is 18.5 Å². The van der Waals surface area contributed by atoms with Gasteiger partial charge in [0, 0.05) is 6.54 Å². The number of nitro groups is 1. The third-order valence-corrected chi connectivity index (χ3v) is 3.79. The highest BCUT2D eigenvalue weighted by atomic mass is 19.1. The van der Waals surface area contributed by atoms with Gasteiger partial charge in [-0.15, -0.1) is 0 Å². The monoisotopic (exact) mass is 400 g/mol. The first kappa shape index (κ1) is 19.6. The number of benzene rings is 2. The molecule has 11 heteroatoms. The Hall–Kier alpha value is -4.15. The third-order valence-electron chi connectivity index (χ3n) is 3.79. The summed E-state index contributed by atoms with van der Waals surface area (Å²) in [4.78, 5) is 30.4. The molecule has 1 amide bonds. The van der Waals surface area contributed by atoms with Crippen LogP contribution in [0.1, 0.15) is 15.9 Å². The van der Waals surface area contributed by atoms with Crippen LogP contribution in [0.4, 0.5) is 26.1 Å². The Balaban J connectivity index is 1.76. The average molecular weight is 400 g/mol. The maximum Gasteiger partial charge on any atom is 0.354 e. The van der Waals surface area contributed by atoms with Crippen LogP contribution in [0.5, 0.6) is 0 Å². The number of hydrazine groups is 1. The number of nitrogens with one attached hydrogen (secondary N) is 3. The number of rotatable bonds is 7. The van der Waals surface area contributed by atoms with Crippen molar-refractivity contribution in [1.82, 2.24) is 15.4 Å². The topological polar surface area (TPSA) is 122 Å². The molecular formula is C18H14F2N6O3. The lowest BCUT2D eigenvalue weighted by atomic mass is 10.2. The highest BCUT2D eigenvalue weighted by molar-refractivity contribution is 5.95. The first-order valence-corrected chi connectivity index (χ1v) is 8.24. The van der Waals surface area contributed by atoms with E-state index >= 15 is 0 Å². The van der Waals surface area contributed by atoms with Gasteiger partial charge in [0.15, 0.2) is 0 Å². The highest BCUT2D eigenvalue weighted by Gasteiger charge is 2.23. The SMILES string of the molecule is O=C(NNc1ncnc(NCc2ccc(F)cc2)c1[N+](=O)[O-])c1ccccc1F. The van der Waals surface area contributed by atoms with Crippen LogP contribution < -0.4 is 16.2 Å². The molecule has 0 aliphatic heterocycles. The molecule has 9 nitrogen and oxygen atoms in total. The van der Waals surface area contributed by atoms with Crippen molar-refractivity contribution >= 4 is 23.2 Å². The van der Waals surface area contributed by atoms with Gasteiger partial charge in [-0.05, 0) is 29.8 Å². The lowest BCUT2D eigenvalue weighted by Gasteiger charge is -2.11. The smallest absolute Gasteiger partial charge is 0.354 e. The number of hydrogen-bond donors (Lipinski definition) is 3. The van der Waals surface area contributed by atoms with Crippen LogP contribution in [0.25, 0.3) is 0 Å². The molecule has 3 N–H and O–H groups in total. The van der Waals surface area contributed by atoms with E-state index in [2.05, 4.69) is 26.1 Å². The Morgan fingerprint density at radius 2 is 1.72 bits per heavy atom. The van der Waals surface area contributed by atoms with Gasteiger partial charge in [-0.1, -0.05) is 24.3 Å². The summed E-state index contributed by atoms with van der Waals surface area (Å²) in [5.74, 6) is -2.39. The summed E-state index contributed by atoms with van der Waals surface area (Å²) in [6.45, 7) is 0.138. The van der Waals surface area contributed by atoms with E-state index in [0.29, 0.717) is 5.56 Å². The van der Waals surface area contributed by atoms with Crippen molar-refractivity contribution in [3.8, 4) is 0 Å². The van der Waals surface area contributed by atoms with Crippen LogP contribution in [-0.4, -0.2) is 20.8 Å². The van der Waals surface area contributed by atoms with Gasteiger partial charge in [0.2, 0.25) is 11.6 Å². The number of hydrogen-bond acceptors (Lipinski definition) is 7. The normalized spacial score (nSPS) is 10.3. The van der Waals surface area contributed by atoms with Gasteiger partial charge in [-0.2, -0.15) is 0 Å². The predicted octanol–water partition coefficient (Wildman–Crippen LogP) is 3.03.